The number of carbonyl (C=O) groups excluding carboxylic acids is 2. The Morgan fingerprint density at radius 1 is 1.12 bits per heavy atom. The van der Waals surface area contributed by atoms with Crippen molar-refractivity contribution in [1.82, 2.24) is 10.2 Å². The molecule has 1 rings (SSSR count). The van der Waals surface area contributed by atoms with Gasteiger partial charge in [0.05, 0.1) is 11.9 Å². The summed E-state index contributed by atoms with van der Waals surface area (Å²) in [5, 5.41) is 2.69. The fourth-order valence-electron chi connectivity index (χ4n) is 2.02. The van der Waals surface area contributed by atoms with Crippen LogP contribution in [0.3, 0.4) is 0 Å². The van der Waals surface area contributed by atoms with E-state index in [-0.39, 0.29) is 18.4 Å². The van der Waals surface area contributed by atoms with Crippen molar-refractivity contribution in [1.29, 1.82) is 0 Å². The van der Waals surface area contributed by atoms with Gasteiger partial charge in [0.15, 0.2) is 0 Å². The zero-order chi connectivity index (χ0) is 18.3. The molecule has 0 radical (unpaired) electrons. The molecule has 0 aliphatic rings. The Labute approximate surface area is 143 Å². The molecule has 1 aromatic rings. The summed E-state index contributed by atoms with van der Waals surface area (Å²) >= 11 is 0. The maximum atomic E-state index is 12.0. The second-order valence-electron chi connectivity index (χ2n) is 5.72. The Balaban J connectivity index is 2.94. The van der Waals surface area contributed by atoms with Crippen LogP contribution in [0.2, 0.25) is 0 Å². The average Bonchev–Trinajstić information content (AvgIpc) is 2.51. The van der Waals surface area contributed by atoms with Crippen LogP contribution in [0.1, 0.15) is 30.1 Å². The van der Waals surface area contributed by atoms with Crippen LogP contribution in [0, 0.1) is 0 Å². The Morgan fingerprint density at radius 3 is 2.17 bits per heavy atom. The zero-order valence-corrected chi connectivity index (χ0v) is 15.4. The minimum absolute atomic E-state index is 0.176. The normalized spacial score (nSPS) is 11.0. The summed E-state index contributed by atoms with van der Waals surface area (Å²) in [6.07, 6.45) is 2.83. The first-order chi connectivity index (χ1) is 11.2. The molecule has 2 amide bonds. The van der Waals surface area contributed by atoms with Crippen molar-refractivity contribution < 1.29 is 18.0 Å². The lowest BCUT2D eigenvalue weighted by molar-refractivity contribution is -0.119. The number of rotatable bonds is 8. The van der Waals surface area contributed by atoms with Crippen molar-refractivity contribution in [3.05, 3.63) is 29.8 Å². The number of amides is 2. The highest BCUT2D eigenvalue weighted by Crippen LogP contribution is 2.18. The van der Waals surface area contributed by atoms with E-state index >= 15 is 0 Å². The summed E-state index contributed by atoms with van der Waals surface area (Å²) in [5.41, 5.74) is 0.794. The molecule has 134 valence electrons. The van der Waals surface area contributed by atoms with Gasteiger partial charge in [0, 0.05) is 26.2 Å². The number of carbonyl (C=O) groups is 2. The summed E-state index contributed by atoms with van der Waals surface area (Å²) in [6.45, 7) is 2.23. The lowest BCUT2D eigenvalue weighted by atomic mass is 10.2. The molecule has 0 saturated carbocycles. The highest BCUT2D eigenvalue weighted by molar-refractivity contribution is 7.92. The molecule has 7 nitrogen and oxygen atoms in total. The fraction of sp³-hybridized carbons (Fsp3) is 0.500. The number of hydrogen-bond acceptors (Lipinski definition) is 4. The second-order valence-corrected chi connectivity index (χ2v) is 7.63. The topological polar surface area (TPSA) is 86.8 Å². The molecule has 0 aliphatic heterocycles. The van der Waals surface area contributed by atoms with Gasteiger partial charge in [-0.25, -0.2) is 8.42 Å². The number of sulfonamides is 1. The van der Waals surface area contributed by atoms with Crippen LogP contribution in [0.25, 0.3) is 0 Å². The minimum atomic E-state index is -3.62. The number of benzene rings is 1. The van der Waals surface area contributed by atoms with Gasteiger partial charge in [-0.3, -0.25) is 13.9 Å². The molecule has 0 aliphatic carbocycles. The molecular weight excluding hydrogens is 330 g/mol. The highest BCUT2D eigenvalue weighted by atomic mass is 32.2. The summed E-state index contributed by atoms with van der Waals surface area (Å²) in [6, 6.07) is 6.14. The van der Waals surface area contributed by atoms with E-state index in [1.165, 1.54) is 17.0 Å². The number of anilines is 1. The molecule has 0 fully saturated rings. The van der Waals surface area contributed by atoms with Gasteiger partial charge >= 0.3 is 0 Å². The molecule has 8 heteroatoms. The standard InChI is InChI=1S/C16H25N3O4S/c1-5-6-11-17-15(20)12-19(24(4,22)23)14-9-7-13(8-10-14)16(21)18(2)3/h7-10H,5-6,11-12H2,1-4H3,(H,17,20). The third-order valence-corrected chi connectivity index (χ3v) is 4.49. The van der Waals surface area contributed by atoms with E-state index < -0.39 is 10.0 Å². The summed E-state index contributed by atoms with van der Waals surface area (Å²) < 4.78 is 25.0. The van der Waals surface area contributed by atoms with Gasteiger partial charge in [0.25, 0.3) is 5.91 Å². The first-order valence-electron chi connectivity index (χ1n) is 7.73. The predicted octanol–water partition coefficient (Wildman–Crippen LogP) is 1.07. The number of nitrogens with zero attached hydrogens (tertiary/aromatic N) is 2. The van der Waals surface area contributed by atoms with Crippen molar-refractivity contribution in [3.63, 3.8) is 0 Å². The Kier molecular flexibility index (Phi) is 7.21. The summed E-state index contributed by atoms with van der Waals surface area (Å²) in [4.78, 5) is 25.2. The van der Waals surface area contributed by atoms with E-state index in [0.717, 1.165) is 23.4 Å². The van der Waals surface area contributed by atoms with Crippen LogP contribution in [0.4, 0.5) is 5.69 Å². The maximum Gasteiger partial charge on any atom is 0.253 e. The second kappa shape index (κ2) is 8.68. The molecule has 0 spiro atoms. The smallest absolute Gasteiger partial charge is 0.253 e. The first kappa shape index (κ1) is 20.0. The SMILES string of the molecule is CCCCNC(=O)CN(c1ccc(C(=O)N(C)C)cc1)S(C)(=O)=O. The van der Waals surface area contributed by atoms with E-state index in [1.54, 1.807) is 26.2 Å². The van der Waals surface area contributed by atoms with Gasteiger partial charge in [0.2, 0.25) is 15.9 Å². The van der Waals surface area contributed by atoms with Crippen molar-refractivity contribution in [2.75, 3.05) is 37.7 Å². The first-order valence-corrected chi connectivity index (χ1v) is 9.57. The lowest BCUT2D eigenvalue weighted by Gasteiger charge is -2.22. The van der Waals surface area contributed by atoms with Crippen molar-refractivity contribution in [2.24, 2.45) is 0 Å². The lowest BCUT2D eigenvalue weighted by Crippen LogP contribution is -2.40. The van der Waals surface area contributed by atoms with Crippen LogP contribution in [0.5, 0.6) is 0 Å². The molecule has 1 N–H and O–H groups in total. The fourth-order valence-corrected chi connectivity index (χ4v) is 2.88. The molecule has 0 saturated heterocycles. The quantitative estimate of drug-likeness (QED) is 0.707. The van der Waals surface area contributed by atoms with Gasteiger partial charge in [-0.2, -0.15) is 0 Å². The average molecular weight is 355 g/mol. The zero-order valence-electron chi connectivity index (χ0n) is 14.6. The van der Waals surface area contributed by atoms with Gasteiger partial charge < -0.3 is 10.2 Å². The van der Waals surface area contributed by atoms with Crippen LogP contribution in [-0.4, -0.2) is 58.6 Å². The predicted molar refractivity (Wildman–Crippen MR) is 94.6 cm³/mol. The summed E-state index contributed by atoms with van der Waals surface area (Å²) in [5.74, 6) is -0.535. The molecule has 0 heterocycles. The van der Waals surface area contributed by atoms with E-state index in [2.05, 4.69) is 5.32 Å². The van der Waals surface area contributed by atoms with Crippen molar-refractivity contribution >= 4 is 27.5 Å². The van der Waals surface area contributed by atoms with E-state index in [0.29, 0.717) is 17.8 Å². The van der Waals surface area contributed by atoms with E-state index in [9.17, 15) is 18.0 Å². The molecule has 0 aromatic heterocycles. The Hall–Kier alpha value is -2.09. The summed E-state index contributed by atoms with van der Waals surface area (Å²) in [7, 11) is -0.339. The van der Waals surface area contributed by atoms with Crippen LogP contribution in [-0.2, 0) is 14.8 Å². The van der Waals surface area contributed by atoms with Gasteiger partial charge in [0.1, 0.15) is 6.54 Å². The van der Waals surface area contributed by atoms with Gasteiger partial charge in [-0.05, 0) is 30.7 Å². The van der Waals surface area contributed by atoms with Gasteiger partial charge in [-0.15, -0.1) is 0 Å². The van der Waals surface area contributed by atoms with Crippen LogP contribution >= 0.6 is 0 Å². The van der Waals surface area contributed by atoms with Crippen molar-refractivity contribution in [2.45, 2.75) is 19.8 Å². The Bertz CT molecular complexity index is 669. The number of hydrogen-bond donors (Lipinski definition) is 1. The van der Waals surface area contributed by atoms with E-state index in [4.69, 9.17) is 0 Å². The third-order valence-electron chi connectivity index (χ3n) is 3.35. The van der Waals surface area contributed by atoms with Crippen LogP contribution in [0.15, 0.2) is 24.3 Å². The largest absolute Gasteiger partial charge is 0.355 e. The number of unbranched alkanes of at least 4 members (excludes halogenated alkanes) is 1. The molecule has 0 unspecified atom stereocenters. The monoisotopic (exact) mass is 355 g/mol. The Morgan fingerprint density at radius 2 is 1.71 bits per heavy atom. The van der Waals surface area contributed by atoms with E-state index in [1.807, 2.05) is 6.92 Å². The third kappa shape index (κ3) is 5.84. The molecule has 0 atom stereocenters. The van der Waals surface area contributed by atoms with Crippen LogP contribution < -0.4 is 9.62 Å². The highest BCUT2D eigenvalue weighted by Gasteiger charge is 2.21. The molecular formula is C16H25N3O4S. The van der Waals surface area contributed by atoms with Crippen molar-refractivity contribution in [3.8, 4) is 0 Å². The molecule has 1 aromatic carbocycles. The maximum absolute atomic E-state index is 12.0. The minimum Gasteiger partial charge on any atom is -0.355 e. The van der Waals surface area contributed by atoms with Gasteiger partial charge in [-0.1, -0.05) is 13.3 Å². The number of nitrogens with one attached hydrogen (secondary N) is 1. The molecule has 0 bridgehead atoms. The molecule has 24 heavy (non-hydrogen) atoms.